The van der Waals surface area contributed by atoms with E-state index in [1.54, 1.807) is 4.90 Å². The van der Waals surface area contributed by atoms with Crippen LogP contribution in [0.4, 0.5) is 4.79 Å². The molecule has 8 heteroatoms. The van der Waals surface area contributed by atoms with Gasteiger partial charge in [0, 0.05) is 19.5 Å². The van der Waals surface area contributed by atoms with E-state index in [1.165, 1.54) is 0 Å². The van der Waals surface area contributed by atoms with Crippen molar-refractivity contribution in [2.24, 2.45) is 0 Å². The van der Waals surface area contributed by atoms with Crippen LogP contribution in [0.1, 0.15) is 24.8 Å². The Morgan fingerprint density at radius 2 is 1.85 bits per heavy atom. The number of benzene rings is 1. The van der Waals surface area contributed by atoms with Crippen LogP contribution in [0.25, 0.3) is 0 Å². The average Bonchev–Trinajstić information content (AvgIpc) is 2.93. The molecule has 2 N–H and O–H groups in total. The van der Waals surface area contributed by atoms with Crippen molar-refractivity contribution in [1.29, 1.82) is 0 Å². The number of ether oxygens (including phenoxy) is 2. The van der Waals surface area contributed by atoms with Crippen LogP contribution in [0.5, 0.6) is 11.5 Å². The van der Waals surface area contributed by atoms with Crippen molar-refractivity contribution >= 4 is 17.8 Å². The number of carbonyl (C=O) groups is 3. The first-order valence-corrected chi connectivity index (χ1v) is 8.86. The number of aryl methyl sites for hydroxylation is 1. The number of imide groups is 1. The van der Waals surface area contributed by atoms with E-state index in [0.29, 0.717) is 52.0 Å². The van der Waals surface area contributed by atoms with Gasteiger partial charge in [0.2, 0.25) is 5.91 Å². The molecule has 26 heavy (non-hydrogen) atoms. The van der Waals surface area contributed by atoms with Crippen molar-refractivity contribution in [2.75, 3.05) is 26.3 Å². The zero-order valence-electron chi connectivity index (χ0n) is 14.4. The molecule has 0 saturated carbocycles. The molecule has 0 atom stereocenters. The van der Waals surface area contributed by atoms with Gasteiger partial charge in [-0.05, 0) is 37.0 Å². The molecular formula is C18H21N3O5. The molecule has 3 heterocycles. The van der Waals surface area contributed by atoms with E-state index in [4.69, 9.17) is 9.47 Å². The number of piperidine rings is 1. The number of hydrogen-bond donors (Lipinski definition) is 2. The summed E-state index contributed by atoms with van der Waals surface area (Å²) in [5.74, 6) is 1.24. The lowest BCUT2D eigenvalue weighted by atomic mass is 9.87. The monoisotopic (exact) mass is 359 g/mol. The Morgan fingerprint density at radius 3 is 2.54 bits per heavy atom. The molecule has 3 aliphatic heterocycles. The molecule has 1 aromatic carbocycles. The number of urea groups is 1. The minimum atomic E-state index is -0.844. The summed E-state index contributed by atoms with van der Waals surface area (Å²) in [5, 5.41) is 4.98. The standard InChI is InChI=1S/C18H21N3O5/c22-15(4-2-12-1-3-13-14(11-12)26-10-9-25-13)21-7-5-18(6-8-21)16(23)19-17(24)20-18/h1,3,11H,2,4-10H2,(H2,19,20,23,24). The SMILES string of the molecule is O=C1NC(=O)C2(CCN(C(=O)CCc3ccc4c(c3)OCCO4)CC2)N1. The molecule has 0 aliphatic carbocycles. The third kappa shape index (κ3) is 3.07. The van der Waals surface area contributed by atoms with Gasteiger partial charge in [0.15, 0.2) is 11.5 Å². The number of hydrogen-bond acceptors (Lipinski definition) is 5. The van der Waals surface area contributed by atoms with E-state index in [1.807, 2.05) is 18.2 Å². The van der Waals surface area contributed by atoms with Gasteiger partial charge in [-0.2, -0.15) is 0 Å². The third-order valence-electron chi connectivity index (χ3n) is 5.22. The first kappa shape index (κ1) is 16.7. The van der Waals surface area contributed by atoms with E-state index in [9.17, 15) is 14.4 Å². The molecule has 0 unspecified atom stereocenters. The maximum Gasteiger partial charge on any atom is 0.322 e. The molecule has 0 radical (unpaired) electrons. The highest BCUT2D eigenvalue weighted by molar-refractivity contribution is 6.07. The highest BCUT2D eigenvalue weighted by Gasteiger charge is 2.48. The Kier molecular flexibility index (Phi) is 4.18. The molecule has 2 fully saturated rings. The number of amides is 4. The van der Waals surface area contributed by atoms with E-state index in [-0.39, 0.29) is 11.8 Å². The summed E-state index contributed by atoms with van der Waals surface area (Å²) in [4.78, 5) is 37.6. The average molecular weight is 359 g/mol. The summed E-state index contributed by atoms with van der Waals surface area (Å²) in [7, 11) is 0. The van der Waals surface area contributed by atoms with E-state index >= 15 is 0 Å². The normalized spacial score (nSPS) is 20.7. The predicted molar refractivity (Wildman–Crippen MR) is 91.0 cm³/mol. The fraction of sp³-hybridized carbons (Fsp3) is 0.500. The minimum absolute atomic E-state index is 0.0551. The van der Waals surface area contributed by atoms with E-state index in [2.05, 4.69) is 10.6 Å². The van der Waals surface area contributed by atoms with Gasteiger partial charge < -0.3 is 19.7 Å². The van der Waals surface area contributed by atoms with Crippen LogP contribution in [0.15, 0.2) is 18.2 Å². The fourth-order valence-electron chi connectivity index (χ4n) is 3.67. The van der Waals surface area contributed by atoms with Crippen molar-refractivity contribution in [3.05, 3.63) is 23.8 Å². The second kappa shape index (κ2) is 6.51. The first-order chi connectivity index (χ1) is 12.6. The smallest absolute Gasteiger partial charge is 0.322 e. The van der Waals surface area contributed by atoms with Gasteiger partial charge in [0.05, 0.1) is 0 Å². The molecule has 4 rings (SSSR count). The largest absolute Gasteiger partial charge is 0.486 e. The summed E-state index contributed by atoms with van der Waals surface area (Å²) in [6.45, 7) is 2.02. The zero-order chi connectivity index (χ0) is 18.1. The van der Waals surface area contributed by atoms with Crippen LogP contribution in [-0.2, 0) is 16.0 Å². The Morgan fingerprint density at radius 1 is 1.12 bits per heavy atom. The van der Waals surface area contributed by atoms with E-state index in [0.717, 1.165) is 17.1 Å². The molecule has 0 aromatic heterocycles. The van der Waals surface area contributed by atoms with Gasteiger partial charge in [-0.25, -0.2) is 4.79 Å². The van der Waals surface area contributed by atoms with Crippen LogP contribution in [0, 0.1) is 0 Å². The topological polar surface area (TPSA) is 97.0 Å². The zero-order valence-corrected chi connectivity index (χ0v) is 14.4. The van der Waals surface area contributed by atoms with Gasteiger partial charge in [-0.15, -0.1) is 0 Å². The molecule has 8 nitrogen and oxygen atoms in total. The van der Waals surface area contributed by atoms with Crippen molar-refractivity contribution < 1.29 is 23.9 Å². The Bertz CT molecular complexity index is 755. The van der Waals surface area contributed by atoms with Gasteiger partial charge in [0.25, 0.3) is 5.91 Å². The van der Waals surface area contributed by atoms with Gasteiger partial charge in [-0.1, -0.05) is 6.07 Å². The van der Waals surface area contributed by atoms with Crippen LogP contribution in [0.3, 0.4) is 0 Å². The number of likely N-dealkylation sites (tertiary alicyclic amines) is 1. The predicted octanol–water partition coefficient (Wildman–Crippen LogP) is 0.591. The highest BCUT2D eigenvalue weighted by Crippen LogP contribution is 2.31. The second-order valence-electron chi connectivity index (χ2n) is 6.85. The number of nitrogens with zero attached hydrogens (tertiary/aromatic N) is 1. The maximum atomic E-state index is 12.5. The number of nitrogens with one attached hydrogen (secondary N) is 2. The van der Waals surface area contributed by atoms with Gasteiger partial charge in [0.1, 0.15) is 18.8 Å². The highest BCUT2D eigenvalue weighted by atomic mass is 16.6. The summed E-state index contributed by atoms with van der Waals surface area (Å²) in [5.41, 5.74) is 0.183. The summed E-state index contributed by atoms with van der Waals surface area (Å²) >= 11 is 0. The Labute approximate surface area is 150 Å². The van der Waals surface area contributed by atoms with E-state index < -0.39 is 11.6 Å². The minimum Gasteiger partial charge on any atom is -0.486 e. The van der Waals surface area contributed by atoms with Crippen molar-refractivity contribution in [2.45, 2.75) is 31.2 Å². The molecule has 1 spiro atoms. The van der Waals surface area contributed by atoms with Crippen LogP contribution in [-0.4, -0.2) is 54.6 Å². The van der Waals surface area contributed by atoms with Crippen molar-refractivity contribution in [3.63, 3.8) is 0 Å². The fourth-order valence-corrected chi connectivity index (χ4v) is 3.67. The molecule has 4 amide bonds. The lowest BCUT2D eigenvalue weighted by Gasteiger charge is -2.37. The second-order valence-corrected chi connectivity index (χ2v) is 6.85. The Balaban J connectivity index is 1.31. The third-order valence-corrected chi connectivity index (χ3v) is 5.22. The first-order valence-electron chi connectivity index (χ1n) is 8.86. The molecule has 3 aliphatic rings. The maximum absolute atomic E-state index is 12.5. The molecular weight excluding hydrogens is 338 g/mol. The van der Waals surface area contributed by atoms with Crippen LogP contribution in [0.2, 0.25) is 0 Å². The number of fused-ring (bicyclic) bond motifs is 1. The summed E-state index contributed by atoms with van der Waals surface area (Å²) in [6, 6.07) is 5.30. The molecule has 2 saturated heterocycles. The molecule has 0 bridgehead atoms. The Hall–Kier alpha value is -2.77. The quantitative estimate of drug-likeness (QED) is 0.770. The molecule has 1 aromatic rings. The summed E-state index contributed by atoms with van der Waals surface area (Å²) in [6.07, 6.45) is 1.90. The van der Waals surface area contributed by atoms with Crippen LogP contribution < -0.4 is 20.1 Å². The number of carbonyl (C=O) groups excluding carboxylic acids is 3. The van der Waals surface area contributed by atoms with Crippen molar-refractivity contribution in [1.82, 2.24) is 15.5 Å². The number of rotatable bonds is 3. The lowest BCUT2D eigenvalue weighted by molar-refractivity contribution is -0.135. The molecule has 138 valence electrons. The lowest BCUT2D eigenvalue weighted by Crippen LogP contribution is -2.55. The summed E-state index contributed by atoms with van der Waals surface area (Å²) < 4.78 is 11.1. The van der Waals surface area contributed by atoms with Gasteiger partial charge in [-0.3, -0.25) is 14.9 Å². The van der Waals surface area contributed by atoms with Crippen molar-refractivity contribution in [3.8, 4) is 11.5 Å². The van der Waals surface area contributed by atoms with Crippen LogP contribution >= 0.6 is 0 Å². The van der Waals surface area contributed by atoms with Gasteiger partial charge >= 0.3 is 6.03 Å².